The monoisotopic (exact) mass is 278 g/mol. The Hall–Kier alpha value is -2.53. The lowest BCUT2D eigenvalue weighted by molar-refractivity contribution is 0.597. The van der Waals surface area contributed by atoms with Crippen molar-refractivity contribution >= 4 is 15.7 Å². The van der Waals surface area contributed by atoms with E-state index in [2.05, 4.69) is 9.97 Å². The molecule has 0 aromatic carbocycles. The molecule has 2 heterocycles. The molecule has 6 nitrogen and oxygen atoms in total. The van der Waals surface area contributed by atoms with Gasteiger partial charge in [0.25, 0.3) is 10.0 Å². The van der Waals surface area contributed by atoms with Crippen LogP contribution in [0, 0.1) is 17.1 Å². The number of pyridine rings is 2. The topological polar surface area (TPSA) is 95.7 Å². The molecule has 0 saturated carbocycles. The predicted octanol–water partition coefficient (Wildman–Crippen LogP) is 1.29. The van der Waals surface area contributed by atoms with E-state index in [-0.39, 0.29) is 16.3 Å². The van der Waals surface area contributed by atoms with Crippen LogP contribution in [-0.2, 0) is 10.0 Å². The Balaban J connectivity index is 2.45. The van der Waals surface area contributed by atoms with Crippen molar-refractivity contribution in [1.29, 1.82) is 5.26 Å². The molecule has 0 unspecified atom stereocenters. The smallest absolute Gasteiger partial charge is 0.264 e. The van der Waals surface area contributed by atoms with E-state index in [1.807, 2.05) is 4.72 Å². The van der Waals surface area contributed by atoms with Crippen molar-refractivity contribution in [2.45, 2.75) is 4.90 Å². The van der Waals surface area contributed by atoms with Crippen LogP contribution in [0.15, 0.2) is 41.7 Å². The van der Waals surface area contributed by atoms with E-state index in [0.717, 1.165) is 6.20 Å². The summed E-state index contributed by atoms with van der Waals surface area (Å²) in [6, 6.07) is 5.43. The van der Waals surface area contributed by atoms with E-state index >= 15 is 0 Å². The Bertz CT molecular complexity index is 755. The third-order valence-electron chi connectivity index (χ3n) is 2.18. The van der Waals surface area contributed by atoms with Gasteiger partial charge >= 0.3 is 0 Å². The van der Waals surface area contributed by atoms with Crippen molar-refractivity contribution in [2.75, 3.05) is 4.72 Å². The number of hydrogen-bond acceptors (Lipinski definition) is 5. The maximum absolute atomic E-state index is 13.3. The molecule has 0 aliphatic rings. The van der Waals surface area contributed by atoms with Crippen LogP contribution < -0.4 is 4.72 Å². The summed E-state index contributed by atoms with van der Waals surface area (Å²) in [5.74, 6) is -0.812. The minimum absolute atomic E-state index is 0.247. The van der Waals surface area contributed by atoms with Gasteiger partial charge in [-0.05, 0) is 18.2 Å². The summed E-state index contributed by atoms with van der Waals surface area (Å²) in [5.41, 5.74) is -0.507. The predicted molar refractivity (Wildman–Crippen MR) is 64.0 cm³/mol. The Morgan fingerprint density at radius 1 is 1.32 bits per heavy atom. The summed E-state index contributed by atoms with van der Waals surface area (Å²) in [6.07, 6.45) is 3.42. The lowest BCUT2D eigenvalue weighted by Gasteiger charge is -2.08. The normalized spacial score (nSPS) is 10.7. The number of sulfonamides is 1. The number of aromatic nitrogens is 2. The summed E-state index contributed by atoms with van der Waals surface area (Å²) >= 11 is 0. The minimum Gasteiger partial charge on any atom is -0.276 e. The number of halogens is 1. The molecule has 2 aromatic rings. The van der Waals surface area contributed by atoms with Gasteiger partial charge in [-0.3, -0.25) is 9.71 Å². The highest BCUT2D eigenvalue weighted by molar-refractivity contribution is 7.92. The number of rotatable bonds is 3. The van der Waals surface area contributed by atoms with Gasteiger partial charge in [0, 0.05) is 12.4 Å². The van der Waals surface area contributed by atoms with Gasteiger partial charge in [-0.1, -0.05) is 0 Å². The van der Waals surface area contributed by atoms with E-state index < -0.39 is 15.8 Å². The Labute approximate surface area is 108 Å². The first-order chi connectivity index (χ1) is 9.04. The van der Waals surface area contributed by atoms with Gasteiger partial charge in [0.2, 0.25) is 0 Å². The third-order valence-corrected chi connectivity index (χ3v) is 3.58. The van der Waals surface area contributed by atoms with Gasteiger partial charge in [-0.15, -0.1) is 0 Å². The Morgan fingerprint density at radius 3 is 2.79 bits per heavy atom. The van der Waals surface area contributed by atoms with Crippen molar-refractivity contribution in [3.63, 3.8) is 0 Å². The molecule has 0 atom stereocenters. The zero-order valence-electron chi connectivity index (χ0n) is 9.41. The molecule has 96 valence electrons. The van der Waals surface area contributed by atoms with E-state index in [4.69, 9.17) is 5.26 Å². The summed E-state index contributed by atoms with van der Waals surface area (Å²) in [7, 11) is -4.08. The number of nitrogens with one attached hydrogen (secondary N) is 1. The number of hydrogen-bond donors (Lipinski definition) is 1. The fourth-order valence-corrected chi connectivity index (χ4v) is 2.52. The second-order valence-electron chi connectivity index (χ2n) is 3.42. The molecule has 0 bridgehead atoms. The van der Waals surface area contributed by atoms with Crippen LogP contribution in [0.2, 0.25) is 0 Å². The van der Waals surface area contributed by atoms with Crippen LogP contribution in [-0.4, -0.2) is 18.4 Å². The number of nitrogens with zero attached hydrogens (tertiary/aromatic N) is 3. The molecule has 0 saturated heterocycles. The van der Waals surface area contributed by atoms with Crippen LogP contribution in [0.1, 0.15) is 5.69 Å². The molecule has 2 rings (SSSR count). The largest absolute Gasteiger partial charge is 0.276 e. The van der Waals surface area contributed by atoms with Crippen LogP contribution in [0.3, 0.4) is 0 Å². The van der Waals surface area contributed by atoms with E-state index in [0.29, 0.717) is 0 Å². The fourth-order valence-electron chi connectivity index (χ4n) is 1.35. The van der Waals surface area contributed by atoms with Crippen molar-refractivity contribution in [1.82, 2.24) is 9.97 Å². The van der Waals surface area contributed by atoms with Gasteiger partial charge in [-0.2, -0.15) is 5.26 Å². The first-order valence-electron chi connectivity index (χ1n) is 5.02. The molecule has 2 aromatic heterocycles. The maximum atomic E-state index is 13.3. The fraction of sp³-hybridized carbons (Fsp3) is 0. The van der Waals surface area contributed by atoms with Crippen molar-refractivity contribution < 1.29 is 12.8 Å². The van der Waals surface area contributed by atoms with E-state index in [9.17, 15) is 12.8 Å². The second-order valence-corrected chi connectivity index (χ2v) is 5.07. The highest BCUT2D eigenvalue weighted by Gasteiger charge is 2.20. The molecule has 0 amide bonds. The average Bonchev–Trinajstić information content (AvgIpc) is 2.41. The Morgan fingerprint density at radius 2 is 2.11 bits per heavy atom. The molecule has 8 heteroatoms. The molecule has 0 radical (unpaired) electrons. The molecule has 0 spiro atoms. The Kier molecular flexibility index (Phi) is 3.39. The molecular weight excluding hydrogens is 271 g/mol. The zero-order valence-corrected chi connectivity index (χ0v) is 10.2. The van der Waals surface area contributed by atoms with Gasteiger partial charge < -0.3 is 0 Å². The molecular formula is C11H7FN4O2S. The van der Waals surface area contributed by atoms with Gasteiger partial charge in [0.15, 0.2) is 11.5 Å². The van der Waals surface area contributed by atoms with E-state index in [1.165, 1.54) is 30.6 Å². The van der Waals surface area contributed by atoms with Crippen molar-refractivity contribution in [2.24, 2.45) is 0 Å². The molecule has 0 aliphatic carbocycles. The van der Waals surface area contributed by atoms with Crippen molar-refractivity contribution in [3.05, 3.63) is 48.3 Å². The average molecular weight is 278 g/mol. The standard InChI is InChI=1S/C11H7FN4O2S/c12-8-7-14-5-3-9(8)16-19(17,18)11-2-1-4-15-10(11)6-13/h1-5,7H,(H,14,16). The summed E-state index contributed by atoms with van der Waals surface area (Å²) < 4.78 is 39.5. The highest BCUT2D eigenvalue weighted by atomic mass is 32.2. The molecule has 0 fully saturated rings. The summed E-state index contributed by atoms with van der Waals surface area (Å²) in [6.45, 7) is 0. The maximum Gasteiger partial charge on any atom is 0.264 e. The second kappa shape index (κ2) is 4.99. The lowest BCUT2D eigenvalue weighted by Crippen LogP contribution is -2.16. The minimum atomic E-state index is -4.08. The first-order valence-corrected chi connectivity index (χ1v) is 6.50. The highest BCUT2D eigenvalue weighted by Crippen LogP contribution is 2.19. The lowest BCUT2D eigenvalue weighted by atomic mass is 10.4. The quantitative estimate of drug-likeness (QED) is 0.912. The van der Waals surface area contributed by atoms with Gasteiger partial charge in [0.05, 0.1) is 11.9 Å². The van der Waals surface area contributed by atoms with Crippen LogP contribution in [0.25, 0.3) is 0 Å². The first kappa shape index (κ1) is 12.9. The molecule has 1 N–H and O–H groups in total. The number of anilines is 1. The van der Waals surface area contributed by atoms with Crippen LogP contribution in [0.4, 0.5) is 10.1 Å². The summed E-state index contributed by atoms with van der Waals surface area (Å²) in [4.78, 5) is 6.84. The molecule has 19 heavy (non-hydrogen) atoms. The number of nitriles is 1. The van der Waals surface area contributed by atoms with Gasteiger partial charge in [0.1, 0.15) is 11.0 Å². The van der Waals surface area contributed by atoms with Crippen LogP contribution >= 0.6 is 0 Å². The SMILES string of the molecule is N#Cc1ncccc1S(=O)(=O)Nc1ccncc1F. The zero-order chi connectivity index (χ0) is 13.9. The summed E-state index contributed by atoms with van der Waals surface area (Å²) in [5, 5.41) is 8.81. The third kappa shape index (κ3) is 2.66. The van der Waals surface area contributed by atoms with Crippen LogP contribution in [0.5, 0.6) is 0 Å². The molecule has 0 aliphatic heterocycles. The van der Waals surface area contributed by atoms with Crippen molar-refractivity contribution in [3.8, 4) is 6.07 Å². The van der Waals surface area contributed by atoms with E-state index in [1.54, 1.807) is 6.07 Å². The van der Waals surface area contributed by atoms with Gasteiger partial charge in [-0.25, -0.2) is 17.8 Å².